The lowest BCUT2D eigenvalue weighted by molar-refractivity contribution is -0.132. The minimum atomic E-state index is -0.888. The molecule has 2 aliphatic carbocycles. The molecule has 0 amide bonds. The van der Waals surface area contributed by atoms with Crippen molar-refractivity contribution in [3.63, 3.8) is 0 Å². The van der Waals surface area contributed by atoms with E-state index in [0.717, 1.165) is 11.3 Å². The molecule has 5 nitrogen and oxygen atoms in total. The van der Waals surface area contributed by atoms with Gasteiger partial charge in [-0.25, -0.2) is 4.79 Å². The molecule has 5 rings (SSSR count). The van der Waals surface area contributed by atoms with Crippen LogP contribution in [0.5, 0.6) is 5.75 Å². The number of nitriles is 1. The fourth-order valence-electron chi connectivity index (χ4n) is 3.68. The van der Waals surface area contributed by atoms with Crippen molar-refractivity contribution < 1.29 is 19.4 Å². The summed E-state index contributed by atoms with van der Waals surface area (Å²) in [5.41, 5.74) is 0.696. The van der Waals surface area contributed by atoms with E-state index in [1.807, 2.05) is 24.3 Å². The van der Waals surface area contributed by atoms with Crippen LogP contribution in [0.1, 0.15) is 44.1 Å². The molecule has 4 aliphatic rings. The minimum Gasteiger partial charge on any atom is -0.497 e. The van der Waals surface area contributed by atoms with Gasteiger partial charge in [-0.15, -0.1) is 0 Å². The number of benzene rings is 1. The van der Waals surface area contributed by atoms with E-state index in [4.69, 9.17) is 14.6 Å². The molecule has 1 aromatic carbocycles. The van der Waals surface area contributed by atoms with Gasteiger partial charge in [0.05, 0.1) is 30.8 Å². The highest BCUT2D eigenvalue weighted by atomic mass is 16.5. The highest BCUT2D eigenvalue weighted by Gasteiger charge is 2.37. The standard InChI is InChI=1S/C15H15NO3.C5H8O/c1-19-13-4-2-12(3-5-13)15(10-16)8-6-11(7-9-15)14(17)18;1-2-5-3-4(1)6-5/h2-6H,7-9H2,1H3,(H,17,18);4-5H,1-3H2. The van der Waals surface area contributed by atoms with Crippen LogP contribution in [0, 0.1) is 11.3 Å². The Labute approximate surface area is 147 Å². The normalized spacial score (nSPS) is 29.4. The van der Waals surface area contributed by atoms with Gasteiger partial charge in [0.15, 0.2) is 0 Å². The fourth-order valence-corrected chi connectivity index (χ4v) is 3.68. The van der Waals surface area contributed by atoms with Gasteiger partial charge in [-0.3, -0.25) is 0 Å². The first-order chi connectivity index (χ1) is 12.1. The van der Waals surface area contributed by atoms with Crippen molar-refractivity contribution in [2.45, 2.75) is 56.1 Å². The summed E-state index contributed by atoms with van der Waals surface area (Å²) in [7, 11) is 1.59. The van der Waals surface area contributed by atoms with Gasteiger partial charge in [0.2, 0.25) is 0 Å². The van der Waals surface area contributed by atoms with Crippen LogP contribution in [0.3, 0.4) is 0 Å². The number of nitrogens with zero attached hydrogens (tertiary/aromatic N) is 1. The molecule has 25 heavy (non-hydrogen) atoms. The number of ether oxygens (including phenoxy) is 2. The first kappa shape index (κ1) is 17.5. The Morgan fingerprint density at radius 1 is 1.32 bits per heavy atom. The van der Waals surface area contributed by atoms with Crippen LogP contribution in [-0.4, -0.2) is 30.4 Å². The lowest BCUT2D eigenvalue weighted by Gasteiger charge is -2.29. The predicted octanol–water partition coefficient (Wildman–Crippen LogP) is 3.59. The first-order valence-electron chi connectivity index (χ1n) is 8.70. The lowest BCUT2D eigenvalue weighted by atomic mass is 9.71. The summed E-state index contributed by atoms with van der Waals surface area (Å²) in [4.78, 5) is 10.9. The summed E-state index contributed by atoms with van der Waals surface area (Å²) in [6.45, 7) is 0. The zero-order chi connectivity index (χ0) is 17.9. The molecule has 132 valence electrons. The molecule has 0 radical (unpaired) electrons. The highest BCUT2D eigenvalue weighted by Crippen LogP contribution is 2.39. The molecule has 2 saturated heterocycles. The number of rotatable bonds is 3. The maximum absolute atomic E-state index is 10.9. The van der Waals surface area contributed by atoms with Gasteiger partial charge in [0.25, 0.3) is 0 Å². The summed E-state index contributed by atoms with van der Waals surface area (Å²) in [6.07, 6.45) is 8.49. The van der Waals surface area contributed by atoms with Gasteiger partial charge < -0.3 is 14.6 Å². The van der Waals surface area contributed by atoms with Crippen LogP contribution in [-0.2, 0) is 14.9 Å². The molecular weight excluding hydrogens is 318 g/mol. The van der Waals surface area contributed by atoms with E-state index in [0.29, 0.717) is 37.0 Å². The topological polar surface area (TPSA) is 79.5 Å². The second-order valence-corrected chi connectivity index (χ2v) is 6.85. The number of methoxy groups -OCH3 is 1. The van der Waals surface area contributed by atoms with Crippen LogP contribution in [0.15, 0.2) is 35.9 Å². The van der Waals surface area contributed by atoms with Crippen LogP contribution >= 0.6 is 0 Å². The molecule has 0 spiro atoms. The number of aliphatic carboxylic acids is 1. The second kappa shape index (κ2) is 7.28. The maximum Gasteiger partial charge on any atom is 0.331 e. The van der Waals surface area contributed by atoms with Crippen molar-refractivity contribution in [2.24, 2.45) is 0 Å². The molecule has 0 aromatic heterocycles. The number of hydrogen-bond acceptors (Lipinski definition) is 4. The predicted molar refractivity (Wildman–Crippen MR) is 92.4 cm³/mol. The average Bonchev–Trinajstić information content (AvgIpc) is 3.28. The fraction of sp³-hybridized carbons (Fsp3) is 0.500. The Hall–Kier alpha value is -2.32. The zero-order valence-corrected chi connectivity index (χ0v) is 14.4. The van der Waals surface area contributed by atoms with Crippen molar-refractivity contribution in [1.29, 1.82) is 5.26 Å². The quantitative estimate of drug-likeness (QED) is 0.909. The molecule has 1 saturated carbocycles. The van der Waals surface area contributed by atoms with E-state index in [-0.39, 0.29) is 0 Å². The number of carboxylic acids is 1. The molecule has 2 aliphatic heterocycles. The summed E-state index contributed by atoms with van der Waals surface area (Å²) in [5, 5.41) is 18.4. The summed E-state index contributed by atoms with van der Waals surface area (Å²) in [5.74, 6) is -0.143. The Balaban J connectivity index is 0.000000250. The SMILES string of the molecule is C1CC2CC1O2.COc1ccc(C2(C#N)CC=C(C(=O)O)CC2)cc1. The molecule has 3 fully saturated rings. The first-order valence-corrected chi connectivity index (χ1v) is 8.70. The van der Waals surface area contributed by atoms with Crippen LogP contribution in [0.2, 0.25) is 0 Å². The van der Waals surface area contributed by atoms with E-state index >= 15 is 0 Å². The lowest BCUT2D eigenvalue weighted by Crippen LogP contribution is -2.27. The molecule has 5 heteroatoms. The molecule has 1 aromatic rings. The van der Waals surface area contributed by atoms with Crippen LogP contribution in [0.4, 0.5) is 0 Å². The Kier molecular flexibility index (Phi) is 5.10. The largest absolute Gasteiger partial charge is 0.497 e. The van der Waals surface area contributed by atoms with Gasteiger partial charge in [-0.2, -0.15) is 5.26 Å². The molecular formula is C20H23NO4. The Morgan fingerprint density at radius 2 is 1.96 bits per heavy atom. The number of carbonyl (C=O) groups is 1. The molecule has 2 heterocycles. The molecule has 3 unspecified atom stereocenters. The number of allylic oxidation sites excluding steroid dienone is 1. The zero-order valence-electron chi connectivity index (χ0n) is 14.4. The summed E-state index contributed by atoms with van der Waals surface area (Å²) in [6, 6.07) is 9.75. The average molecular weight is 341 g/mol. The summed E-state index contributed by atoms with van der Waals surface area (Å²) < 4.78 is 10.3. The monoisotopic (exact) mass is 341 g/mol. The van der Waals surface area contributed by atoms with Crippen molar-refractivity contribution in [2.75, 3.05) is 7.11 Å². The van der Waals surface area contributed by atoms with Gasteiger partial charge in [0.1, 0.15) is 5.75 Å². The van der Waals surface area contributed by atoms with Gasteiger partial charge in [0, 0.05) is 5.57 Å². The van der Waals surface area contributed by atoms with E-state index in [1.165, 1.54) is 19.3 Å². The van der Waals surface area contributed by atoms with Crippen molar-refractivity contribution >= 4 is 5.97 Å². The summed E-state index contributed by atoms with van der Waals surface area (Å²) >= 11 is 0. The number of carboxylic acid groups (broad SMARTS) is 1. The van der Waals surface area contributed by atoms with Crippen molar-refractivity contribution in [3.05, 3.63) is 41.5 Å². The molecule has 2 bridgehead atoms. The van der Waals surface area contributed by atoms with Crippen molar-refractivity contribution in [3.8, 4) is 11.8 Å². The second-order valence-electron chi connectivity index (χ2n) is 6.85. The molecule has 1 N–H and O–H groups in total. The highest BCUT2D eigenvalue weighted by molar-refractivity contribution is 5.86. The number of fused-ring (bicyclic) bond motifs is 1. The minimum absolute atomic E-state index is 0.402. The third-order valence-electron chi connectivity index (χ3n) is 5.37. The van der Waals surface area contributed by atoms with Gasteiger partial charge in [-0.1, -0.05) is 18.2 Å². The van der Waals surface area contributed by atoms with Crippen molar-refractivity contribution in [1.82, 2.24) is 0 Å². The number of hydrogen-bond donors (Lipinski definition) is 1. The van der Waals surface area contributed by atoms with Crippen LogP contribution < -0.4 is 4.74 Å². The van der Waals surface area contributed by atoms with Crippen LogP contribution in [0.25, 0.3) is 0 Å². The maximum atomic E-state index is 10.9. The van der Waals surface area contributed by atoms with E-state index in [1.54, 1.807) is 13.2 Å². The molecule has 3 atom stereocenters. The van der Waals surface area contributed by atoms with E-state index in [9.17, 15) is 10.1 Å². The smallest absolute Gasteiger partial charge is 0.331 e. The van der Waals surface area contributed by atoms with Gasteiger partial charge >= 0.3 is 5.97 Å². The third kappa shape index (κ3) is 3.69. The Bertz CT molecular complexity index is 684. The van der Waals surface area contributed by atoms with E-state index in [2.05, 4.69) is 6.07 Å². The van der Waals surface area contributed by atoms with E-state index < -0.39 is 11.4 Å². The third-order valence-corrected chi connectivity index (χ3v) is 5.37. The Morgan fingerprint density at radius 3 is 2.32 bits per heavy atom. The van der Waals surface area contributed by atoms with Gasteiger partial charge in [-0.05, 0) is 56.2 Å².